The topological polar surface area (TPSA) is 93.9 Å². The molecular weight excluding hydrogens is 458 g/mol. The molecule has 3 aromatic rings. The molecule has 0 aliphatic carbocycles. The first-order valence-electron chi connectivity index (χ1n) is 11.8. The fourth-order valence-corrected chi connectivity index (χ4v) is 4.23. The van der Waals surface area contributed by atoms with Crippen LogP contribution in [0.2, 0.25) is 0 Å². The number of amides is 1. The summed E-state index contributed by atoms with van der Waals surface area (Å²) in [5.41, 5.74) is 1.20. The monoisotopic (exact) mass is 487 g/mol. The number of Topliss-reactive ketones (excluding diaryl/α,β-unsaturated/α-hetero) is 1. The van der Waals surface area contributed by atoms with Crippen molar-refractivity contribution in [2.24, 2.45) is 0 Å². The van der Waals surface area contributed by atoms with Gasteiger partial charge < -0.3 is 24.0 Å². The Balaban J connectivity index is 1.69. The molecule has 2 aromatic carbocycles. The number of aryl methyl sites for hydroxylation is 1. The summed E-state index contributed by atoms with van der Waals surface area (Å²) in [6.45, 7) is 7.39. The molecule has 0 unspecified atom stereocenters. The molecule has 8 nitrogen and oxygen atoms in total. The van der Waals surface area contributed by atoms with Gasteiger partial charge in [-0.05, 0) is 55.3 Å². The van der Waals surface area contributed by atoms with E-state index >= 15 is 0 Å². The summed E-state index contributed by atoms with van der Waals surface area (Å²) in [5.74, 6) is -0.264. The number of carbonyl (C=O) groups is 2. The number of ether oxygens (including phenoxy) is 2. The lowest BCUT2D eigenvalue weighted by molar-refractivity contribution is -0.139. The van der Waals surface area contributed by atoms with E-state index in [9.17, 15) is 14.7 Å². The molecule has 1 aliphatic rings. The highest BCUT2D eigenvalue weighted by Crippen LogP contribution is 2.40. The summed E-state index contributed by atoms with van der Waals surface area (Å²) >= 11 is 0. The van der Waals surface area contributed by atoms with E-state index in [2.05, 4.69) is 11.6 Å². The van der Waals surface area contributed by atoms with Crippen LogP contribution in [-0.2, 0) is 16.1 Å². The third-order valence-corrected chi connectivity index (χ3v) is 5.92. The predicted molar refractivity (Wildman–Crippen MR) is 136 cm³/mol. The van der Waals surface area contributed by atoms with Gasteiger partial charge in [-0.3, -0.25) is 9.59 Å². The SMILES string of the molecule is C=CCOc1ccc([C@@H]2/C(=C(\O)c3ccc(OCC)cc3)C(=O)C(=O)N2CCCn2ccnc2)cc1. The highest BCUT2D eigenvalue weighted by atomic mass is 16.5. The summed E-state index contributed by atoms with van der Waals surface area (Å²) in [7, 11) is 0. The Labute approximate surface area is 210 Å². The second-order valence-corrected chi connectivity index (χ2v) is 8.27. The van der Waals surface area contributed by atoms with Crippen LogP contribution in [0.4, 0.5) is 0 Å². The van der Waals surface area contributed by atoms with Gasteiger partial charge in [-0.15, -0.1) is 0 Å². The van der Waals surface area contributed by atoms with Crippen LogP contribution in [-0.4, -0.2) is 51.0 Å². The van der Waals surface area contributed by atoms with Crippen molar-refractivity contribution in [2.45, 2.75) is 25.9 Å². The van der Waals surface area contributed by atoms with Crippen LogP contribution in [0.25, 0.3) is 5.76 Å². The summed E-state index contributed by atoms with van der Waals surface area (Å²) < 4.78 is 13.0. The quantitative estimate of drug-likeness (QED) is 0.187. The van der Waals surface area contributed by atoms with E-state index < -0.39 is 17.7 Å². The van der Waals surface area contributed by atoms with Gasteiger partial charge in [0.2, 0.25) is 0 Å². The third kappa shape index (κ3) is 5.33. The second-order valence-electron chi connectivity index (χ2n) is 8.27. The van der Waals surface area contributed by atoms with Crippen molar-refractivity contribution in [2.75, 3.05) is 19.8 Å². The van der Waals surface area contributed by atoms with Gasteiger partial charge in [0.15, 0.2) is 0 Å². The lowest BCUT2D eigenvalue weighted by atomic mass is 9.95. The molecule has 4 rings (SSSR count). The number of aliphatic hydroxyl groups is 1. The molecule has 1 atom stereocenters. The molecule has 8 heteroatoms. The first kappa shape index (κ1) is 24.8. The van der Waals surface area contributed by atoms with Crippen LogP contribution in [0.1, 0.15) is 30.5 Å². The van der Waals surface area contributed by atoms with Gasteiger partial charge in [-0.2, -0.15) is 0 Å². The predicted octanol–water partition coefficient (Wildman–Crippen LogP) is 4.36. The largest absolute Gasteiger partial charge is 0.507 e. The van der Waals surface area contributed by atoms with Gasteiger partial charge in [0.05, 0.1) is 24.5 Å². The van der Waals surface area contributed by atoms with Crippen molar-refractivity contribution in [3.05, 3.63) is 96.6 Å². The molecule has 36 heavy (non-hydrogen) atoms. The Bertz CT molecular complexity index is 1230. The van der Waals surface area contributed by atoms with Gasteiger partial charge in [-0.25, -0.2) is 4.98 Å². The Kier molecular flexibility index (Phi) is 7.85. The fraction of sp³-hybridized carbons (Fsp3) is 0.250. The standard InChI is InChI=1S/C28H29N3O5/c1-3-18-36-23-10-6-20(7-11-23)25-24(26(32)21-8-12-22(13-9-21)35-4-2)27(33)28(34)31(25)16-5-15-30-17-14-29-19-30/h3,6-14,17,19,25,32H,1,4-5,15-16,18H2,2H3/b26-24+/t25-/m1/s1. The summed E-state index contributed by atoms with van der Waals surface area (Å²) in [6.07, 6.45) is 7.52. The number of aromatic nitrogens is 2. The molecule has 1 saturated heterocycles. The zero-order valence-corrected chi connectivity index (χ0v) is 20.2. The van der Waals surface area contributed by atoms with Gasteiger partial charge in [0, 0.05) is 31.0 Å². The lowest BCUT2D eigenvalue weighted by Gasteiger charge is -2.25. The molecule has 1 aliphatic heterocycles. The molecule has 1 aromatic heterocycles. The molecule has 0 bridgehead atoms. The van der Waals surface area contributed by atoms with E-state index in [1.807, 2.05) is 29.8 Å². The van der Waals surface area contributed by atoms with Gasteiger partial charge in [-0.1, -0.05) is 24.8 Å². The molecule has 0 spiro atoms. The van der Waals surface area contributed by atoms with Gasteiger partial charge in [0.25, 0.3) is 11.7 Å². The third-order valence-electron chi connectivity index (χ3n) is 5.92. The number of rotatable bonds is 11. The van der Waals surface area contributed by atoms with Crippen LogP contribution in [0, 0.1) is 0 Å². The molecule has 1 amide bonds. The number of carbonyl (C=O) groups excluding carboxylic acids is 2. The van der Waals surface area contributed by atoms with Crippen molar-refractivity contribution in [1.29, 1.82) is 0 Å². The minimum Gasteiger partial charge on any atom is -0.507 e. The van der Waals surface area contributed by atoms with Crippen molar-refractivity contribution in [1.82, 2.24) is 14.5 Å². The van der Waals surface area contributed by atoms with Crippen LogP contribution in [0.15, 0.2) is 85.5 Å². The first-order chi connectivity index (χ1) is 17.5. The van der Waals surface area contributed by atoms with E-state index in [4.69, 9.17) is 9.47 Å². The summed E-state index contributed by atoms with van der Waals surface area (Å²) in [6, 6.07) is 13.2. The van der Waals surface area contributed by atoms with E-state index in [1.165, 1.54) is 4.90 Å². The van der Waals surface area contributed by atoms with Gasteiger partial charge in [0.1, 0.15) is 23.9 Å². The second kappa shape index (κ2) is 11.4. The van der Waals surface area contributed by atoms with E-state index in [-0.39, 0.29) is 11.3 Å². The van der Waals surface area contributed by atoms with Crippen LogP contribution >= 0.6 is 0 Å². The maximum absolute atomic E-state index is 13.2. The number of aliphatic hydroxyl groups excluding tert-OH is 1. The molecule has 1 fully saturated rings. The average molecular weight is 488 g/mol. The Hall–Kier alpha value is -4.33. The maximum Gasteiger partial charge on any atom is 0.295 e. The molecule has 186 valence electrons. The van der Waals surface area contributed by atoms with E-state index in [1.54, 1.807) is 55.0 Å². The van der Waals surface area contributed by atoms with E-state index in [0.29, 0.717) is 55.4 Å². The number of nitrogens with zero attached hydrogens (tertiary/aromatic N) is 3. The zero-order chi connectivity index (χ0) is 25.5. The molecule has 0 saturated carbocycles. The first-order valence-corrected chi connectivity index (χ1v) is 11.8. The molecule has 1 N–H and O–H groups in total. The minimum atomic E-state index is -0.729. The lowest BCUT2D eigenvalue weighted by Crippen LogP contribution is -2.31. The highest BCUT2D eigenvalue weighted by Gasteiger charge is 2.45. The number of benzene rings is 2. The van der Waals surface area contributed by atoms with E-state index in [0.717, 1.165) is 0 Å². The fourth-order valence-electron chi connectivity index (χ4n) is 4.23. The van der Waals surface area contributed by atoms with Crippen LogP contribution in [0.3, 0.4) is 0 Å². The normalized spacial score (nSPS) is 16.8. The van der Waals surface area contributed by atoms with Gasteiger partial charge >= 0.3 is 0 Å². The Morgan fingerprint density at radius 2 is 1.75 bits per heavy atom. The number of imidazole rings is 1. The molecule has 2 heterocycles. The maximum atomic E-state index is 13.2. The number of hydrogen-bond acceptors (Lipinski definition) is 6. The minimum absolute atomic E-state index is 0.0616. The molecule has 0 radical (unpaired) electrons. The van der Waals surface area contributed by atoms with Crippen LogP contribution in [0.5, 0.6) is 11.5 Å². The number of ketones is 1. The molecular formula is C28H29N3O5. The summed E-state index contributed by atoms with van der Waals surface area (Å²) in [4.78, 5) is 31.9. The Morgan fingerprint density at radius 3 is 2.39 bits per heavy atom. The van der Waals surface area contributed by atoms with Crippen molar-refractivity contribution < 1.29 is 24.2 Å². The smallest absolute Gasteiger partial charge is 0.295 e. The van der Waals surface area contributed by atoms with Crippen molar-refractivity contribution in [3.8, 4) is 11.5 Å². The van der Waals surface area contributed by atoms with Crippen molar-refractivity contribution >= 4 is 17.4 Å². The Morgan fingerprint density at radius 1 is 1.06 bits per heavy atom. The average Bonchev–Trinajstić information content (AvgIpc) is 3.50. The zero-order valence-electron chi connectivity index (χ0n) is 20.2. The highest BCUT2D eigenvalue weighted by molar-refractivity contribution is 6.46. The van der Waals surface area contributed by atoms with Crippen molar-refractivity contribution in [3.63, 3.8) is 0 Å². The van der Waals surface area contributed by atoms with Crippen LogP contribution < -0.4 is 9.47 Å². The summed E-state index contributed by atoms with van der Waals surface area (Å²) in [5, 5.41) is 11.2. The number of hydrogen-bond donors (Lipinski definition) is 1. The number of likely N-dealkylation sites (tertiary alicyclic amines) is 1.